The molecule has 12 nitrogen and oxygen atoms in total. The highest BCUT2D eigenvalue weighted by Gasteiger charge is 2.51. The van der Waals surface area contributed by atoms with Gasteiger partial charge in [0.1, 0.15) is 35.4 Å². The van der Waals surface area contributed by atoms with Crippen LogP contribution in [0.2, 0.25) is 0 Å². The molecule has 1 unspecified atom stereocenters. The molecule has 1 aromatic heterocycles. The fourth-order valence-corrected chi connectivity index (χ4v) is 8.14. The van der Waals surface area contributed by atoms with E-state index in [0.29, 0.717) is 18.2 Å². The zero-order valence-corrected chi connectivity index (χ0v) is 30.7. The summed E-state index contributed by atoms with van der Waals surface area (Å²) in [5, 5.41) is 13.0. The minimum Gasteiger partial charge on any atom is -0.508 e. The summed E-state index contributed by atoms with van der Waals surface area (Å²) >= 11 is 0. The fourth-order valence-electron chi connectivity index (χ4n) is 8.14. The molecule has 7 rings (SSSR count). The Kier molecular flexibility index (Phi) is 11.2. The summed E-state index contributed by atoms with van der Waals surface area (Å²) in [5.41, 5.74) is 1.15. The first-order valence-corrected chi connectivity index (χ1v) is 18.8. The Bertz CT molecular complexity index is 1830. The number of aryl methyl sites for hydroxylation is 1. The van der Waals surface area contributed by atoms with Crippen LogP contribution in [-0.2, 0) is 33.8 Å². The second-order valence-electron chi connectivity index (χ2n) is 14.5. The summed E-state index contributed by atoms with van der Waals surface area (Å²) in [7, 11) is 0. The Morgan fingerprint density at radius 1 is 0.981 bits per heavy atom. The molecular weight excluding hydrogens is 694 g/mol. The Morgan fingerprint density at radius 2 is 1.70 bits per heavy atom. The van der Waals surface area contributed by atoms with Gasteiger partial charge in [0.05, 0.1) is 25.3 Å². The van der Waals surface area contributed by atoms with Crippen molar-refractivity contribution in [2.45, 2.75) is 51.0 Å². The highest BCUT2D eigenvalue weighted by molar-refractivity contribution is 5.92. The maximum absolute atomic E-state index is 15.2. The van der Waals surface area contributed by atoms with Crippen molar-refractivity contribution >= 4 is 23.5 Å². The van der Waals surface area contributed by atoms with Crippen molar-refractivity contribution in [3.05, 3.63) is 102 Å². The van der Waals surface area contributed by atoms with Crippen LogP contribution in [0.25, 0.3) is 0 Å². The molecule has 0 radical (unpaired) electrons. The predicted molar refractivity (Wildman–Crippen MR) is 199 cm³/mol. The number of carbonyl (C=O) groups is 3. The highest BCUT2D eigenvalue weighted by atomic mass is 19.1. The van der Waals surface area contributed by atoms with E-state index in [4.69, 9.17) is 4.98 Å². The SMILES string of the molecule is C=CCN1CC(=O)N2C(CN(Cc3cccc(N4CC(N5CCN(CC)CC5)C4)n3)C(=O)[C@@H]2Cc2c(F)cc(O)cc2F)N1C(=O)CCc1ccccc1. The maximum atomic E-state index is 15.2. The minimum atomic E-state index is -1.33. The average Bonchev–Trinajstić information content (AvgIpc) is 3.14. The van der Waals surface area contributed by atoms with Gasteiger partial charge in [-0.3, -0.25) is 19.3 Å². The number of amides is 3. The van der Waals surface area contributed by atoms with Crippen LogP contribution < -0.4 is 4.90 Å². The van der Waals surface area contributed by atoms with Gasteiger partial charge in [-0.25, -0.2) is 23.8 Å². The number of benzene rings is 2. The van der Waals surface area contributed by atoms with Crippen LogP contribution in [0.1, 0.15) is 30.2 Å². The van der Waals surface area contributed by atoms with Gasteiger partial charge in [-0.05, 0) is 30.7 Å². The molecule has 1 N–H and O–H groups in total. The smallest absolute Gasteiger partial charge is 0.246 e. The number of aromatic hydroxyl groups is 1. The fraction of sp³-hybridized carbons (Fsp3) is 0.450. The predicted octanol–water partition coefficient (Wildman–Crippen LogP) is 2.88. The van der Waals surface area contributed by atoms with Gasteiger partial charge in [0, 0.05) is 82.4 Å². The van der Waals surface area contributed by atoms with E-state index >= 15 is 8.78 Å². The van der Waals surface area contributed by atoms with E-state index in [1.807, 2.05) is 48.5 Å². The second kappa shape index (κ2) is 16.2. The van der Waals surface area contributed by atoms with Crippen LogP contribution in [-0.4, -0.2) is 141 Å². The van der Waals surface area contributed by atoms with E-state index in [0.717, 1.165) is 69.3 Å². The molecule has 0 bridgehead atoms. The summed E-state index contributed by atoms with van der Waals surface area (Å²) < 4.78 is 30.4. The molecule has 3 amide bonds. The Labute approximate surface area is 314 Å². The number of aromatic nitrogens is 1. The molecule has 0 spiro atoms. The number of phenolic OH excluding ortho intramolecular Hbond substituents is 1. The molecule has 4 aliphatic rings. The number of hydrogen-bond acceptors (Lipinski definition) is 9. The van der Waals surface area contributed by atoms with Crippen LogP contribution in [0.5, 0.6) is 5.75 Å². The average molecular weight is 743 g/mol. The Balaban J connectivity index is 1.15. The van der Waals surface area contributed by atoms with Crippen molar-refractivity contribution in [1.29, 1.82) is 0 Å². The van der Waals surface area contributed by atoms with Gasteiger partial charge in [-0.15, -0.1) is 6.58 Å². The number of piperazine rings is 2. The molecule has 4 fully saturated rings. The number of hydrogen-bond donors (Lipinski definition) is 1. The quantitative estimate of drug-likeness (QED) is 0.281. The number of hydrazine groups is 1. The second-order valence-corrected chi connectivity index (χ2v) is 14.5. The molecule has 14 heteroatoms. The van der Waals surface area contributed by atoms with Crippen LogP contribution in [0, 0.1) is 11.6 Å². The van der Waals surface area contributed by atoms with Crippen LogP contribution in [0.3, 0.4) is 0 Å². The number of rotatable bonds is 12. The normalized spacial score (nSPS) is 21.7. The monoisotopic (exact) mass is 742 g/mol. The minimum absolute atomic E-state index is 0.0340. The van der Waals surface area contributed by atoms with E-state index in [-0.39, 0.29) is 38.5 Å². The lowest BCUT2D eigenvalue weighted by molar-refractivity contribution is -0.205. The molecule has 54 heavy (non-hydrogen) atoms. The number of likely N-dealkylation sites (N-methyl/N-ethyl adjacent to an activating group) is 1. The number of halogens is 2. The molecular formula is C40H48F2N8O4. The van der Waals surface area contributed by atoms with Crippen LogP contribution >= 0.6 is 0 Å². The standard InChI is InChI=1S/C40H48F2N8O4/c1-3-15-48-27-39(53)49-35(22-32-33(41)20-31(51)21-34(32)42)40(54)47(26-37(49)50(48)38(52)14-13-28-9-6-5-7-10-28)23-29-11-8-12-36(43-29)46-24-30(25-46)45-18-16-44(4-2)17-19-45/h3,5-12,20-21,30,35,37,51H,1,4,13-19,22-27H2,2H3/t35-,37?/m0/s1. The zero-order valence-electron chi connectivity index (χ0n) is 30.7. The van der Waals surface area contributed by atoms with Gasteiger partial charge < -0.3 is 24.7 Å². The van der Waals surface area contributed by atoms with Crippen LogP contribution in [0.4, 0.5) is 14.6 Å². The topological polar surface area (TPSA) is 107 Å². The van der Waals surface area contributed by atoms with E-state index in [9.17, 15) is 19.5 Å². The zero-order chi connectivity index (χ0) is 37.9. The summed E-state index contributed by atoms with van der Waals surface area (Å²) in [4.78, 5) is 57.5. The van der Waals surface area contributed by atoms with E-state index in [1.54, 1.807) is 11.1 Å². The van der Waals surface area contributed by atoms with E-state index in [1.165, 1.54) is 14.8 Å². The lowest BCUT2D eigenvalue weighted by Crippen LogP contribution is -2.76. The number of carbonyl (C=O) groups excluding carboxylic acids is 3. The van der Waals surface area contributed by atoms with Crippen molar-refractivity contribution in [2.24, 2.45) is 0 Å². The van der Waals surface area contributed by atoms with Crippen molar-refractivity contribution < 1.29 is 28.3 Å². The van der Waals surface area contributed by atoms with Gasteiger partial charge in [-0.1, -0.05) is 49.4 Å². The highest BCUT2D eigenvalue weighted by Crippen LogP contribution is 2.32. The lowest BCUT2D eigenvalue weighted by atomic mass is 9.97. The molecule has 4 aliphatic heterocycles. The van der Waals surface area contributed by atoms with Gasteiger partial charge >= 0.3 is 0 Å². The summed E-state index contributed by atoms with van der Waals surface area (Å²) in [6.45, 7) is 13.0. The van der Waals surface area contributed by atoms with Gasteiger partial charge in [0.15, 0.2) is 0 Å². The van der Waals surface area contributed by atoms with Crippen molar-refractivity contribution in [3.63, 3.8) is 0 Å². The molecule has 3 aromatic rings. The number of phenols is 1. The van der Waals surface area contributed by atoms with E-state index in [2.05, 4.69) is 28.2 Å². The molecule has 4 saturated heterocycles. The van der Waals surface area contributed by atoms with Crippen LogP contribution in [0.15, 0.2) is 73.3 Å². The molecule has 2 aromatic carbocycles. The first-order chi connectivity index (χ1) is 26.1. The number of anilines is 1. The van der Waals surface area contributed by atoms with Crippen molar-refractivity contribution in [1.82, 2.24) is 34.6 Å². The Hall–Kier alpha value is -4.92. The van der Waals surface area contributed by atoms with E-state index < -0.39 is 53.4 Å². The van der Waals surface area contributed by atoms with Crippen molar-refractivity contribution in [3.8, 4) is 5.75 Å². The summed E-state index contributed by atoms with van der Waals surface area (Å²) in [5.74, 6) is -3.07. The lowest BCUT2D eigenvalue weighted by Gasteiger charge is -2.55. The molecule has 286 valence electrons. The van der Waals surface area contributed by atoms with Gasteiger partial charge in [0.2, 0.25) is 17.7 Å². The third-order valence-corrected chi connectivity index (χ3v) is 11.1. The summed E-state index contributed by atoms with van der Waals surface area (Å²) in [6, 6.07) is 16.0. The molecule has 5 heterocycles. The first-order valence-electron chi connectivity index (χ1n) is 18.8. The number of pyridine rings is 1. The molecule has 2 atom stereocenters. The molecule has 0 saturated carbocycles. The third-order valence-electron chi connectivity index (χ3n) is 11.1. The first kappa shape index (κ1) is 37.4. The van der Waals surface area contributed by atoms with Crippen molar-refractivity contribution in [2.75, 3.05) is 70.3 Å². The summed E-state index contributed by atoms with van der Waals surface area (Å²) in [6.07, 6.45) is 0.750. The number of fused-ring (bicyclic) bond motifs is 1. The molecule has 0 aliphatic carbocycles. The van der Waals surface area contributed by atoms with Gasteiger partial charge in [-0.2, -0.15) is 0 Å². The number of nitrogens with zero attached hydrogens (tertiary/aromatic N) is 8. The maximum Gasteiger partial charge on any atom is 0.246 e. The Morgan fingerprint density at radius 3 is 2.39 bits per heavy atom. The third kappa shape index (κ3) is 7.82. The van der Waals surface area contributed by atoms with Gasteiger partial charge in [0.25, 0.3) is 0 Å². The largest absolute Gasteiger partial charge is 0.508 e.